The first kappa shape index (κ1) is 14.5. The fourth-order valence-electron chi connectivity index (χ4n) is 3.05. The van der Waals surface area contributed by atoms with Gasteiger partial charge in [0.1, 0.15) is 17.9 Å². The van der Waals surface area contributed by atoms with Crippen LogP contribution in [0, 0.1) is 0 Å². The zero-order valence-corrected chi connectivity index (χ0v) is 12.7. The van der Waals surface area contributed by atoms with Crippen LogP contribution in [0.25, 0.3) is 0 Å². The van der Waals surface area contributed by atoms with Crippen LogP contribution in [0.4, 0.5) is 0 Å². The molecule has 1 unspecified atom stereocenters. The number of rotatable bonds is 2. The zero-order chi connectivity index (χ0) is 16.8. The summed E-state index contributed by atoms with van der Waals surface area (Å²) in [6, 6.07) is 6.31. The first-order chi connectivity index (χ1) is 11.6. The molecular formula is C17H14O7. The number of ketones is 1. The Kier molecular flexibility index (Phi) is 3.16. The third kappa shape index (κ3) is 1.94. The maximum atomic E-state index is 12.9. The molecule has 4 rings (SSSR count). The van der Waals surface area contributed by atoms with E-state index in [4.69, 9.17) is 18.9 Å². The Morgan fingerprint density at radius 2 is 2.00 bits per heavy atom. The molecule has 0 amide bonds. The highest BCUT2D eigenvalue weighted by molar-refractivity contribution is 6.07. The lowest BCUT2D eigenvalue weighted by molar-refractivity contribution is 0.0889. The lowest BCUT2D eigenvalue weighted by Gasteiger charge is -2.26. The van der Waals surface area contributed by atoms with E-state index in [0.29, 0.717) is 11.3 Å². The van der Waals surface area contributed by atoms with Gasteiger partial charge in [0.05, 0.1) is 13.0 Å². The normalized spacial score (nSPS) is 18.0. The van der Waals surface area contributed by atoms with Crippen molar-refractivity contribution in [2.24, 2.45) is 0 Å². The second-order valence-corrected chi connectivity index (χ2v) is 5.46. The summed E-state index contributed by atoms with van der Waals surface area (Å²) < 4.78 is 21.3. The second kappa shape index (κ2) is 5.23. The fraction of sp³-hybridized carbons (Fsp3) is 0.235. The molecule has 0 fully saturated rings. The van der Waals surface area contributed by atoms with Crippen LogP contribution in [0.1, 0.15) is 21.8 Å². The largest absolute Gasteiger partial charge is 0.504 e. The number of phenolic OH excluding ortho intramolecular Hbond substituents is 2. The SMILES string of the molecule is COc1c(O)cccc1C1COc2cc3c(c(O)c2C1=O)OCO3. The van der Waals surface area contributed by atoms with E-state index in [-0.39, 0.29) is 53.5 Å². The van der Waals surface area contributed by atoms with Crippen molar-refractivity contribution in [3.05, 3.63) is 35.4 Å². The topological polar surface area (TPSA) is 94.5 Å². The van der Waals surface area contributed by atoms with Gasteiger partial charge < -0.3 is 29.2 Å². The minimum Gasteiger partial charge on any atom is -0.504 e. The van der Waals surface area contributed by atoms with Crippen molar-refractivity contribution in [3.63, 3.8) is 0 Å². The van der Waals surface area contributed by atoms with Crippen molar-refractivity contribution in [3.8, 4) is 34.5 Å². The van der Waals surface area contributed by atoms with Gasteiger partial charge in [0.2, 0.25) is 12.5 Å². The van der Waals surface area contributed by atoms with Gasteiger partial charge in [-0.15, -0.1) is 0 Å². The highest BCUT2D eigenvalue weighted by Gasteiger charge is 2.38. The lowest BCUT2D eigenvalue weighted by Crippen LogP contribution is -2.26. The smallest absolute Gasteiger partial charge is 0.231 e. The summed E-state index contributed by atoms with van der Waals surface area (Å²) in [7, 11) is 1.41. The molecule has 0 saturated carbocycles. The van der Waals surface area contributed by atoms with Crippen molar-refractivity contribution in [1.82, 2.24) is 0 Å². The van der Waals surface area contributed by atoms with Crippen LogP contribution in [-0.4, -0.2) is 36.5 Å². The fourth-order valence-corrected chi connectivity index (χ4v) is 3.05. The minimum atomic E-state index is -0.717. The Bertz CT molecular complexity index is 843. The maximum Gasteiger partial charge on any atom is 0.231 e. The van der Waals surface area contributed by atoms with Gasteiger partial charge in [0, 0.05) is 11.6 Å². The standard InChI is InChI=1S/C17H14O7/c1-21-16-8(3-2-4-10(16)18)9-6-22-11-5-12-17(24-7-23-12)15(20)13(11)14(9)19/h2-5,9,18,20H,6-7H2,1H3. The lowest BCUT2D eigenvalue weighted by atomic mass is 9.87. The first-order valence-corrected chi connectivity index (χ1v) is 7.30. The number of benzene rings is 2. The molecule has 0 aliphatic carbocycles. The molecule has 2 aliphatic heterocycles. The van der Waals surface area contributed by atoms with Gasteiger partial charge in [-0.2, -0.15) is 0 Å². The Balaban J connectivity index is 1.82. The molecule has 2 N–H and O–H groups in total. The number of hydrogen-bond donors (Lipinski definition) is 2. The number of Topliss-reactive ketones (excluding diaryl/α,β-unsaturated/α-hetero) is 1. The number of methoxy groups -OCH3 is 1. The third-order valence-corrected chi connectivity index (χ3v) is 4.17. The van der Waals surface area contributed by atoms with Crippen molar-refractivity contribution in [2.75, 3.05) is 20.5 Å². The van der Waals surface area contributed by atoms with E-state index in [1.807, 2.05) is 0 Å². The first-order valence-electron chi connectivity index (χ1n) is 7.30. The van der Waals surface area contributed by atoms with Gasteiger partial charge in [0.15, 0.2) is 28.8 Å². The predicted molar refractivity (Wildman–Crippen MR) is 81.5 cm³/mol. The number of carbonyl (C=O) groups is 1. The molecule has 0 bridgehead atoms. The average Bonchev–Trinajstić information content (AvgIpc) is 3.04. The molecule has 2 aromatic rings. The average molecular weight is 330 g/mol. The van der Waals surface area contributed by atoms with Crippen LogP contribution in [0.5, 0.6) is 34.5 Å². The number of carbonyl (C=O) groups excluding carboxylic acids is 1. The molecule has 0 radical (unpaired) electrons. The number of para-hydroxylation sites is 1. The van der Waals surface area contributed by atoms with E-state index in [2.05, 4.69) is 0 Å². The number of ether oxygens (including phenoxy) is 4. The van der Waals surface area contributed by atoms with Crippen LogP contribution >= 0.6 is 0 Å². The Morgan fingerprint density at radius 3 is 2.79 bits per heavy atom. The molecule has 2 aromatic carbocycles. The highest BCUT2D eigenvalue weighted by atomic mass is 16.7. The Hall–Kier alpha value is -3.09. The van der Waals surface area contributed by atoms with Gasteiger partial charge in [0.25, 0.3) is 0 Å². The van der Waals surface area contributed by atoms with Crippen molar-refractivity contribution in [1.29, 1.82) is 0 Å². The summed E-state index contributed by atoms with van der Waals surface area (Å²) in [6.45, 7) is 0.0362. The molecular weight excluding hydrogens is 316 g/mol. The zero-order valence-electron chi connectivity index (χ0n) is 12.7. The van der Waals surface area contributed by atoms with Crippen LogP contribution in [0.2, 0.25) is 0 Å². The summed E-state index contributed by atoms with van der Waals surface area (Å²) >= 11 is 0. The summed E-state index contributed by atoms with van der Waals surface area (Å²) in [4.78, 5) is 12.9. The van der Waals surface area contributed by atoms with Crippen molar-refractivity contribution in [2.45, 2.75) is 5.92 Å². The molecule has 2 heterocycles. The number of aromatic hydroxyl groups is 2. The van der Waals surface area contributed by atoms with Gasteiger partial charge >= 0.3 is 0 Å². The van der Waals surface area contributed by atoms with Crippen LogP contribution in [-0.2, 0) is 0 Å². The Morgan fingerprint density at radius 1 is 1.17 bits per heavy atom. The Labute approximate surface area is 137 Å². The van der Waals surface area contributed by atoms with Crippen molar-refractivity contribution < 1.29 is 34.0 Å². The molecule has 1 atom stereocenters. The van der Waals surface area contributed by atoms with Crippen LogP contribution < -0.4 is 18.9 Å². The van der Waals surface area contributed by atoms with Crippen molar-refractivity contribution >= 4 is 5.78 Å². The highest BCUT2D eigenvalue weighted by Crippen LogP contribution is 2.50. The van der Waals surface area contributed by atoms with Gasteiger partial charge in [-0.05, 0) is 6.07 Å². The molecule has 0 spiro atoms. The summed E-state index contributed by atoms with van der Waals surface area (Å²) in [5.41, 5.74) is 0.533. The van der Waals surface area contributed by atoms with E-state index in [1.54, 1.807) is 12.1 Å². The molecule has 7 nitrogen and oxygen atoms in total. The van der Waals surface area contributed by atoms with Crippen LogP contribution in [0.15, 0.2) is 24.3 Å². The number of hydrogen-bond acceptors (Lipinski definition) is 7. The van der Waals surface area contributed by atoms with Crippen LogP contribution in [0.3, 0.4) is 0 Å². The number of phenols is 2. The number of fused-ring (bicyclic) bond motifs is 2. The molecule has 0 aromatic heterocycles. The van der Waals surface area contributed by atoms with Gasteiger partial charge in [-0.1, -0.05) is 12.1 Å². The van der Waals surface area contributed by atoms with E-state index in [9.17, 15) is 15.0 Å². The third-order valence-electron chi connectivity index (χ3n) is 4.17. The van der Waals surface area contributed by atoms with Gasteiger partial charge in [-0.25, -0.2) is 0 Å². The molecule has 24 heavy (non-hydrogen) atoms. The minimum absolute atomic E-state index is 0.0240. The summed E-state index contributed by atoms with van der Waals surface area (Å²) in [5, 5.41) is 20.3. The quantitative estimate of drug-likeness (QED) is 0.871. The molecule has 124 valence electrons. The maximum absolute atomic E-state index is 12.9. The van der Waals surface area contributed by atoms with E-state index >= 15 is 0 Å². The molecule has 7 heteroatoms. The van der Waals surface area contributed by atoms with E-state index in [1.165, 1.54) is 19.2 Å². The van der Waals surface area contributed by atoms with E-state index < -0.39 is 5.92 Å². The molecule has 2 aliphatic rings. The van der Waals surface area contributed by atoms with Gasteiger partial charge in [-0.3, -0.25) is 4.79 Å². The van der Waals surface area contributed by atoms with E-state index in [0.717, 1.165) is 0 Å². The second-order valence-electron chi connectivity index (χ2n) is 5.46. The summed E-state index contributed by atoms with van der Waals surface area (Å²) in [6.07, 6.45) is 0. The molecule has 0 saturated heterocycles. The summed E-state index contributed by atoms with van der Waals surface area (Å²) in [5.74, 6) is -0.485. The predicted octanol–water partition coefficient (Wildman–Crippen LogP) is 2.19. The monoisotopic (exact) mass is 330 g/mol.